The molecule has 0 heterocycles. The number of aryl methyl sites for hydroxylation is 1. The van der Waals surface area contributed by atoms with Crippen molar-refractivity contribution in [2.24, 2.45) is 5.92 Å². The van der Waals surface area contributed by atoms with Gasteiger partial charge in [0.05, 0.1) is 0 Å². The minimum atomic E-state index is -0.0511. The highest BCUT2D eigenvalue weighted by Gasteiger charge is 2.09. The summed E-state index contributed by atoms with van der Waals surface area (Å²) < 4.78 is 0. The summed E-state index contributed by atoms with van der Waals surface area (Å²) in [7, 11) is 0. The standard InChI is InChI=1S/C14H21NO2/c1-3-12-4-6-13(7-5-12)8-14(10-16)9-15-11(2)17/h4-7,14,16H,3,8-10H2,1-2H3,(H,15,17). The summed E-state index contributed by atoms with van der Waals surface area (Å²) in [6.45, 7) is 4.24. The Morgan fingerprint density at radius 1 is 1.29 bits per heavy atom. The zero-order valence-corrected chi connectivity index (χ0v) is 10.6. The first-order valence-electron chi connectivity index (χ1n) is 6.08. The van der Waals surface area contributed by atoms with E-state index in [0.29, 0.717) is 6.54 Å². The third-order valence-corrected chi connectivity index (χ3v) is 2.85. The predicted molar refractivity (Wildman–Crippen MR) is 68.8 cm³/mol. The van der Waals surface area contributed by atoms with Crippen LogP contribution < -0.4 is 5.32 Å². The van der Waals surface area contributed by atoms with E-state index in [1.807, 2.05) is 0 Å². The van der Waals surface area contributed by atoms with Crippen molar-refractivity contribution >= 4 is 5.91 Å². The van der Waals surface area contributed by atoms with E-state index < -0.39 is 0 Å². The first-order chi connectivity index (χ1) is 8.15. The molecular weight excluding hydrogens is 214 g/mol. The number of benzene rings is 1. The smallest absolute Gasteiger partial charge is 0.216 e. The Morgan fingerprint density at radius 2 is 1.88 bits per heavy atom. The van der Waals surface area contributed by atoms with Gasteiger partial charge in [-0.2, -0.15) is 0 Å². The van der Waals surface area contributed by atoms with Gasteiger partial charge >= 0.3 is 0 Å². The summed E-state index contributed by atoms with van der Waals surface area (Å²) in [5.41, 5.74) is 2.52. The third-order valence-electron chi connectivity index (χ3n) is 2.85. The molecule has 2 N–H and O–H groups in total. The van der Waals surface area contributed by atoms with Gasteiger partial charge in [-0.1, -0.05) is 31.2 Å². The Kier molecular flexibility index (Phi) is 5.70. The molecule has 0 saturated heterocycles. The fraction of sp³-hybridized carbons (Fsp3) is 0.500. The molecule has 1 rings (SSSR count). The van der Waals surface area contributed by atoms with E-state index in [0.717, 1.165) is 12.8 Å². The molecule has 94 valence electrons. The molecule has 0 bridgehead atoms. The summed E-state index contributed by atoms with van der Waals surface area (Å²) in [4.78, 5) is 10.8. The molecule has 1 aromatic rings. The topological polar surface area (TPSA) is 49.3 Å². The number of aliphatic hydroxyl groups is 1. The lowest BCUT2D eigenvalue weighted by molar-refractivity contribution is -0.119. The van der Waals surface area contributed by atoms with Gasteiger partial charge in [0, 0.05) is 26.0 Å². The van der Waals surface area contributed by atoms with Crippen molar-refractivity contribution in [2.75, 3.05) is 13.2 Å². The number of nitrogens with one attached hydrogen (secondary N) is 1. The van der Waals surface area contributed by atoms with Gasteiger partial charge in [-0.25, -0.2) is 0 Å². The van der Waals surface area contributed by atoms with E-state index >= 15 is 0 Å². The molecule has 0 radical (unpaired) electrons. The second-order valence-corrected chi connectivity index (χ2v) is 4.36. The number of amides is 1. The van der Waals surface area contributed by atoms with Crippen molar-refractivity contribution in [1.82, 2.24) is 5.32 Å². The van der Waals surface area contributed by atoms with Crippen LogP contribution in [0.5, 0.6) is 0 Å². The van der Waals surface area contributed by atoms with E-state index in [-0.39, 0.29) is 18.4 Å². The summed E-state index contributed by atoms with van der Waals surface area (Å²) >= 11 is 0. The average molecular weight is 235 g/mol. The maximum Gasteiger partial charge on any atom is 0.216 e. The molecule has 3 nitrogen and oxygen atoms in total. The Balaban J connectivity index is 2.51. The normalized spacial score (nSPS) is 12.2. The zero-order valence-electron chi connectivity index (χ0n) is 10.6. The van der Waals surface area contributed by atoms with Crippen LogP contribution >= 0.6 is 0 Å². The molecule has 1 amide bonds. The van der Waals surface area contributed by atoms with Crippen LogP contribution in [-0.2, 0) is 17.6 Å². The van der Waals surface area contributed by atoms with Gasteiger partial charge in [0.2, 0.25) is 5.91 Å². The number of carbonyl (C=O) groups excluding carboxylic acids is 1. The Labute approximate surface area is 103 Å². The molecule has 1 aromatic carbocycles. The monoisotopic (exact) mass is 235 g/mol. The zero-order chi connectivity index (χ0) is 12.7. The number of hydrogen-bond acceptors (Lipinski definition) is 2. The van der Waals surface area contributed by atoms with Crippen LogP contribution in [0.25, 0.3) is 0 Å². The second-order valence-electron chi connectivity index (χ2n) is 4.36. The summed E-state index contributed by atoms with van der Waals surface area (Å²) in [6.07, 6.45) is 1.83. The number of hydrogen-bond donors (Lipinski definition) is 2. The highest BCUT2D eigenvalue weighted by atomic mass is 16.3. The molecule has 1 atom stereocenters. The van der Waals surface area contributed by atoms with Gasteiger partial charge in [-0.3, -0.25) is 4.79 Å². The predicted octanol–water partition coefficient (Wildman–Crippen LogP) is 1.54. The van der Waals surface area contributed by atoms with Crippen molar-refractivity contribution in [1.29, 1.82) is 0 Å². The van der Waals surface area contributed by atoms with Gasteiger partial charge in [-0.15, -0.1) is 0 Å². The highest BCUT2D eigenvalue weighted by molar-refractivity contribution is 5.72. The third kappa shape index (κ3) is 5.00. The average Bonchev–Trinajstić information content (AvgIpc) is 2.35. The second kappa shape index (κ2) is 7.07. The van der Waals surface area contributed by atoms with Crippen molar-refractivity contribution < 1.29 is 9.90 Å². The largest absolute Gasteiger partial charge is 0.396 e. The minimum absolute atomic E-state index is 0.0511. The molecule has 0 saturated carbocycles. The molecule has 0 aliphatic carbocycles. The first kappa shape index (κ1) is 13.7. The summed E-state index contributed by atoms with van der Waals surface area (Å²) in [5, 5.41) is 12.0. The lowest BCUT2D eigenvalue weighted by atomic mass is 9.98. The minimum Gasteiger partial charge on any atom is -0.396 e. The summed E-state index contributed by atoms with van der Waals surface area (Å²) in [6, 6.07) is 8.41. The Bertz CT molecular complexity index is 346. The molecular formula is C14H21NO2. The van der Waals surface area contributed by atoms with E-state index in [1.165, 1.54) is 18.1 Å². The molecule has 0 aliphatic heterocycles. The summed E-state index contributed by atoms with van der Waals surface area (Å²) in [5.74, 6) is 0.0381. The van der Waals surface area contributed by atoms with Crippen LogP contribution in [0.3, 0.4) is 0 Å². The van der Waals surface area contributed by atoms with Gasteiger partial charge in [0.1, 0.15) is 0 Å². The Hall–Kier alpha value is -1.35. The lowest BCUT2D eigenvalue weighted by Gasteiger charge is -2.14. The van der Waals surface area contributed by atoms with Crippen molar-refractivity contribution in [3.05, 3.63) is 35.4 Å². The van der Waals surface area contributed by atoms with E-state index in [4.69, 9.17) is 0 Å². The highest BCUT2D eigenvalue weighted by Crippen LogP contribution is 2.10. The quantitative estimate of drug-likeness (QED) is 0.785. The molecule has 0 spiro atoms. The molecule has 0 fully saturated rings. The van der Waals surface area contributed by atoms with Crippen LogP contribution in [0.4, 0.5) is 0 Å². The van der Waals surface area contributed by atoms with E-state index in [9.17, 15) is 9.90 Å². The van der Waals surface area contributed by atoms with Crippen molar-refractivity contribution in [3.8, 4) is 0 Å². The van der Waals surface area contributed by atoms with E-state index in [2.05, 4.69) is 36.5 Å². The van der Waals surface area contributed by atoms with Crippen LogP contribution in [0.2, 0.25) is 0 Å². The molecule has 0 aliphatic rings. The van der Waals surface area contributed by atoms with E-state index in [1.54, 1.807) is 0 Å². The maximum absolute atomic E-state index is 10.8. The van der Waals surface area contributed by atoms with Crippen LogP contribution in [-0.4, -0.2) is 24.2 Å². The van der Waals surface area contributed by atoms with Crippen molar-refractivity contribution in [3.63, 3.8) is 0 Å². The molecule has 3 heteroatoms. The van der Waals surface area contributed by atoms with Crippen LogP contribution in [0, 0.1) is 5.92 Å². The first-order valence-corrected chi connectivity index (χ1v) is 6.08. The Morgan fingerprint density at radius 3 is 2.35 bits per heavy atom. The SMILES string of the molecule is CCc1ccc(CC(CO)CNC(C)=O)cc1. The maximum atomic E-state index is 10.8. The molecule has 1 unspecified atom stereocenters. The van der Waals surface area contributed by atoms with Gasteiger partial charge in [0.25, 0.3) is 0 Å². The van der Waals surface area contributed by atoms with Gasteiger partial charge < -0.3 is 10.4 Å². The lowest BCUT2D eigenvalue weighted by Crippen LogP contribution is -2.30. The fourth-order valence-corrected chi connectivity index (χ4v) is 1.73. The number of aliphatic hydroxyl groups excluding tert-OH is 1. The molecule has 0 aromatic heterocycles. The number of rotatable bonds is 6. The van der Waals surface area contributed by atoms with Crippen LogP contribution in [0.1, 0.15) is 25.0 Å². The van der Waals surface area contributed by atoms with Crippen LogP contribution in [0.15, 0.2) is 24.3 Å². The number of carbonyl (C=O) groups is 1. The van der Waals surface area contributed by atoms with Crippen molar-refractivity contribution in [2.45, 2.75) is 26.7 Å². The fourth-order valence-electron chi connectivity index (χ4n) is 1.73. The van der Waals surface area contributed by atoms with Gasteiger partial charge in [-0.05, 0) is 24.0 Å². The van der Waals surface area contributed by atoms with Gasteiger partial charge in [0.15, 0.2) is 0 Å². The molecule has 17 heavy (non-hydrogen) atoms.